The predicted molar refractivity (Wildman–Crippen MR) is 131 cm³/mol. The summed E-state index contributed by atoms with van der Waals surface area (Å²) in [4.78, 5) is 14.3. The molecule has 1 saturated carbocycles. The summed E-state index contributed by atoms with van der Waals surface area (Å²) in [6.07, 6.45) is 1.36. The fraction of sp³-hybridized carbons (Fsp3) is 0.462. The number of carbonyl (C=O) groups excluding carboxylic acids is 1. The molecule has 1 aliphatic carbocycles. The van der Waals surface area contributed by atoms with Crippen molar-refractivity contribution in [3.63, 3.8) is 0 Å². The lowest BCUT2D eigenvalue weighted by atomic mass is 10.0. The van der Waals surface area contributed by atoms with Crippen molar-refractivity contribution < 1.29 is 23.1 Å². The van der Waals surface area contributed by atoms with Crippen LogP contribution in [0.3, 0.4) is 0 Å². The number of nitrogens with zero attached hydrogens (tertiary/aromatic N) is 3. The van der Waals surface area contributed by atoms with Crippen molar-refractivity contribution in [2.24, 2.45) is 11.8 Å². The number of likely N-dealkylation sites (N-methyl/N-ethyl adjacent to an activating group) is 1. The zero-order valence-corrected chi connectivity index (χ0v) is 21.0. The zero-order chi connectivity index (χ0) is 25.3. The molecule has 0 bridgehead atoms. The highest BCUT2D eigenvalue weighted by molar-refractivity contribution is 7.89. The van der Waals surface area contributed by atoms with Gasteiger partial charge >= 0.3 is 0 Å². The van der Waals surface area contributed by atoms with Crippen LogP contribution >= 0.6 is 0 Å². The second-order valence-corrected chi connectivity index (χ2v) is 11.4. The Morgan fingerprint density at radius 1 is 1.23 bits per heavy atom. The summed E-state index contributed by atoms with van der Waals surface area (Å²) in [5, 5.41) is 18.9. The van der Waals surface area contributed by atoms with Crippen LogP contribution in [0.2, 0.25) is 0 Å². The topological polar surface area (TPSA) is 111 Å². The van der Waals surface area contributed by atoms with Gasteiger partial charge in [0.2, 0.25) is 15.9 Å². The average Bonchev–Trinajstić information content (AvgIpc) is 3.70. The highest BCUT2D eigenvalue weighted by atomic mass is 32.2. The maximum Gasteiger partial charge on any atom is 0.247 e. The van der Waals surface area contributed by atoms with Crippen LogP contribution in [-0.4, -0.2) is 67.5 Å². The normalized spacial score (nSPS) is 22.6. The number of aliphatic hydroxyl groups excluding tert-OH is 1. The van der Waals surface area contributed by atoms with E-state index in [-0.39, 0.29) is 41.5 Å². The Hall–Kier alpha value is -2.93. The molecule has 9 heteroatoms. The lowest BCUT2D eigenvalue weighted by molar-refractivity contribution is -0.132. The number of hydrogen-bond donors (Lipinski definition) is 1. The minimum Gasteiger partial charge on any atom is -0.487 e. The van der Waals surface area contributed by atoms with E-state index in [1.165, 1.54) is 10.4 Å². The Bertz CT molecular complexity index is 1230. The molecular formula is C26H31N3O5S. The number of carbonyl (C=O) groups is 1. The summed E-state index contributed by atoms with van der Waals surface area (Å²) >= 11 is 0. The summed E-state index contributed by atoms with van der Waals surface area (Å²) in [5.41, 5.74) is 2.10. The van der Waals surface area contributed by atoms with Crippen molar-refractivity contribution in [2.45, 2.75) is 43.7 Å². The summed E-state index contributed by atoms with van der Waals surface area (Å²) in [7, 11) is -2.19. The van der Waals surface area contributed by atoms with Crippen LogP contribution in [0, 0.1) is 23.2 Å². The third-order valence-electron chi connectivity index (χ3n) is 6.77. The molecule has 35 heavy (non-hydrogen) atoms. The monoisotopic (exact) mass is 497 g/mol. The molecule has 2 aliphatic rings. The van der Waals surface area contributed by atoms with Gasteiger partial charge in [-0.25, -0.2) is 8.42 Å². The van der Waals surface area contributed by atoms with E-state index in [1.54, 1.807) is 55.3 Å². The molecular weight excluding hydrogens is 466 g/mol. The van der Waals surface area contributed by atoms with Crippen molar-refractivity contribution in [3.05, 3.63) is 48.0 Å². The lowest BCUT2D eigenvalue weighted by Crippen LogP contribution is -2.50. The first kappa shape index (κ1) is 25.2. The van der Waals surface area contributed by atoms with Crippen molar-refractivity contribution in [3.8, 4) is 22.9 Å². The number of amides is 1. The molecule has 1 fully saturated rings. The Morgan fingerprint density at radius 2 is 1.89 bits per heavy atom. The number of benzene rings is 2. The van der Waals surface area contributed by atoms with Gasteiger partial charge in [0.1, 0.15) is 16.7 Å². The largest absolute Gasteiger partial charge is 0.487 e. The third kappa shape index (κ3) is 5.20. The zero-order valence-electron chi connectivity index (χ0n) is 20.2. The van der Waals surface area contributed by atoms with Crippen molar-refractivity contribution >= 4 is 15.9 Å². The molecule has 2 aromatic rings. The fourth-order valence-corrected chi connectivity index (χ4v) is 6.19. The Kier molecular flexibility index (Phi) is 7.17. The van der Waals surface area contributed by atoms with Gasteiger partial charge in [-0.3, -0.25) is 4.79 Å². The smallest absolute Gasteiger partial charge is 0.247 e. The summed E-state index contributed by atoms with van der Waals surface area (Å²) in [5.74, 6) is 0.138. The van der Waals surface area contributed by atoms with E-state index in [0.717, 1.165) is 24.0 Å². The summed E-state index contributed by atoms with van der Waals surface area (Å²) in [6.45, 7) is 3.77. The fourth-order valence-electron chi connectivity index (χ4n) is 4.36. The van der Waals surface area contributed by atoms with Crippen LogP contribution in [0.25, 0.3) is 11.1 Å². The van der Waals surface area contributed by atoms with Crippen LogP contribution in [0.4, 0.5) is 0 Å². The SMILES string of the molecule is C[C@@H]1CN([C@H](C)CO)S(=O)(=O)c2ccc(-c3ccc(C#N)cc3)cc2O[C@@H]1CN(C)C(=O)C1CC1. The van der Waals surface area contributed by atoms with E-state index in [2.05, 4.69) is 6.07 Å². The number of fused-ring (bicyclic) bond motifs is 1. The molecule has 1 N–H and O–H groups in total. The van der Waals surface area contributed by atoms with Gasteiger partial charge in [-0.05, 0) is 55.2 Å². The van der Waals surface area contributed by atoms with Gasteiger partial charge in [-0.2, -0.15) is 9.57 Å². The van der Waals surface area contributed by atoms with Gasteiger partial charge in [-0.15, -0.1) is 0 Å². The number of aliphatic hydroxyl groups is 1. The van der Waals surface area contributed by atoms with E-state index in [9.17, 15) is 18.3 Å². The highest BCUT2D eigenvalue weighted by Gasteiger charge is 2.39. The summed E-state index contributed by atoms with van der Waals surface area (Å²) in [6, 6.07) is 13.4. The van der Waals surface area contributed by atoms with Crippen LogP contribution in [0.5, 0.6) is 5.75 Å². The lowest BCUT2D eigenvalue weighted by Gasteiger charge is -2.37. The molecule has 0 radical (unpaired) electrons. The number of sulfonamides is 1. The third-order valence-corrected chi connectivity index (χ3v) is 8.79. The van der Waals surface area contributed by atoms with Crippen molar-refractivity contribution in [2.75, 3.05) is 26.7 Å². The van der Waals surface area contributed by atoms with E-state index in [0.29, 0.717) is 12.1 Å². The molecule has 0 aromatic heterocycles. The Labute approximate surface area is 206 Å². The summed E-state index contributed by atoms with van der Waals surface area (Å²) < 4.78 is 34.9. The number of nitriles is 1. The number of rotatable bonds is 6. The van der Waals surface area contributed by atoms with E-state index in [1.807, 2.05) is 6.92 Å². The Morgan fingerprint density at radius 3 is 2.49 bits per heavy atom. The van der Waals surface area contributed by atoms with Gasteiger partial charge in [-0.1, -0.05) is 25.1 Å². The average molecular weight is 498 g/mol. The van der Waals surface area contributed by atoms with Gasteiger partial charge in [0.15, 0.2) is 0 Å². The van der Waals surface area contributed by atoms with E-state index in [4.69, 9.17) is 10.00 Å². The molecule has 3 atom stereocenters. The molecule has 4 rings (SSSR count). The van der Waals surface area contributed by atoms with E-state index < -0.39 is 22.2 Å². The standard InChI is InChI=1S/C26H31N3O5S/c1-17-14-29(18(2)16-30)35(32,33)25-11-10-22(20-6-4-19(13-27)5-7-20)12-23(25)34-24(17)15-28(3)26(31)21-8-9-21/h4-7,10-12,17-18,21,24,30H,8-9,14-16H2,1-3H3/t17-,18-,24-/m1/s1. The molecule has 0 spiro atoms. The molecule has 186 valence electrons. The van der Waals surface area contributed by atoms with Gasteiger partial charge < -0.3 is 14.7 Å². The second-order valence-electron chi connectivity index (χ2n) is 9.58. The quantitative estimate of drug-likeness (QED) is 0.657. The van der Waals surface area contributed by atoms with Crippen molar-refractivity contribution in [1.82, 2.24) is 9.21 Å². The highest BCUT2D eigenvalue weighted by Crippen LogP contribution is 2.37. The molecule has 0 saturated heterocycles. The maximum absolute atomic E-state index is 13.6. The first-order chi connectivity index (χ1) is 16.6. The molecule has 1 amide bonds. The first-order valence-corrected chi connectivity index (χ1v) is 13.3. The maximum atomic E-state index is 13.6. The Balaban J connectivity index is 1.76. The molecule has 1 heterocycles. The molecule has 2 aromatic carbocycles. The van der Waals surface area contributed by atoms with E-state index >= 15 is 0 Å². The molecule has 1 aliphatic heterocycles. The number of ether oxygens (including phenoxy) is 1. The first-order valence-electron chi connectivity index (χ1n) is 11.8. The van der Waals surface area contributed by atoms with Crippen LogP contribution in [0.15, 0.2) is 47.4 Å². The predicted octanol–water partition coefficient (Wildman–Crippen LogP) is 2.86. The minimum atomic E-state index is -3.94. The van der Waals surface area contributed by atoms with Gasteiger partial charge in [0, 0.05) is 31.5 Å². The van der Waals surface area contributed by atoms with Gasteiger partial charge in [0.25, 0.3) is 0 Å². The van der Waals surface area contributed by atoms with Crippen LogP contribution in [-0.2, 0) is 14.8 Å². The van der Waals surface area contributed by atoms with Crippen LogP contribution < -0.4 is 4.74 Å². The molecule has 0 unspecified atom stereocenters. The molecule has 8 nitrogen and oxygen atoms in total. The number of hydrogen-bond acceptors (Lipinski definition) is 6. The minimum absolute atomic E-state index is 0.0308. The second kappa shape index (κ2) is 9.97. The van der Waals surface area contributed by atoms with Crippen LogP contribution in [0.1, 0.15) is 32.3 Å². The van der Waals surface area contributed by atoms with Gasteiger partial charge in [0.05, 0.1) is 24.8 Å². The van der Waals surface area contributed by atoms with Crippen molar-refractivity contribution in [1.29, 1.82) is 5.26 Å².